The Balaban J connectivity index is 1.69. The molecule has 132 valence electrons. The zero-order valence-electron chi connectivity index (χ0n) is 14.0. The number of ether oxygens (including phenoxy) is 1. The molecule has 25 heavy (non-hydrogen) atoms. The van der Waals surface area contributed by atoms with Crippen molar-refractivity contribution in [2.45, 2.75) is 12.8 Å². The third-order valence-electron chi connectivity index (χ3n) is 3.67. The molecule has 0 saturated heterocycles. The van der Waals surface area contributed by atoms with E-state index < -0.39 is 0 Å². The van der Waals surface area contributed by atoms with Crippen molar-refractivity contribution in [2.24, 2.45) is 0 Å². The van der Waals surface area contributed by atoms with Gasteiger partial charge in [0.15, 0.2) is 0 Å². The SMILES string of the molecule is COc1ccccc1CCNC(=O)CCNC(=O)c1ccccc1Cl. The van der Waals surface area contributed by atoms with Gasteiger partial charge < -0.3 is 15.4 Å². The summed E-state index contributed by atoms with van der Waals surface area (Å²) in [7, 11) is 1.62. The second kappa shape index (κ2) is 9.69. The van der Waals surface area contributed by atoms with Crippen LogP contribution in [0.5, 0.6) is 5.75 Å². The lowest BCUT2D eigenvalue weighted by Crippen LogP contribution is -2.31. The number of carbonyl (C=O) groups excluding carboxylic acids is 2. The summed E-state index contributed by atoms with van der Waals surface area (Å²) in [5, 5.41) is 5.92. The van der Waals surface area contributed by atoms with Gasteiger partial charge in [0.1, 0.15) is 5.75 Å². The van der Waals surface area contributed by atoms with E-state index in [1.165, 1.54) is 0 Å². The van der Waals surface area contributed by atoms with Crippen LogP contribution >= 0.6 is 11.6 Å². The molecular weight excluding hydrogens is 340 g/mol. The molecule has 0 bridgehead atoms. The minimum atomic E-state index is -0.285. The molecule has 2 aromatic carbocycles. The average molecular weight is 361 g/mol. The van der Waals surface area contributed by atoms with Crippen LogP contribution in [0.2, 0.25) is 5.02 Å². The largest absolute Gasteiger partial charge is 0.496 e. The molecule has 2 aromatic rings. The van der Waals surface area contributed by atoms with Crippen molar-refractivity contribution in [1.82, 2.24) is 10.6 Å². The lowest BCUT2D eigenvalue weighted by molar-refractivity contribution is -0.120. The van der Waals surface area contributed by atoms with Gasteiger partial charge >= 0.3 is 0 Å². The molecular formula is C19H21ClN2O3. The topological polar surface area (TPSA) is 67.4 Å². The molecule has 2 N–H and O–H groups in total. The van der Waals surface area contributed by atoms with E-state index in [9.17, 15) is 9.59 Å². The van der Waals surface area contributed by atoms with Crippen molar-refractivity contribution in [3.63, 3.8) is 0 Å². The normalized spacial score (nSPS) is 10.2. The van der Waals surface area contributed by atoms with Gasteiger partial charge in [0, 0.05) is 19.5 Å². The first kappa shape index (κ1) is 18.8. The van der Waals surface area contributed by atoms with E-state index in [0.29, 0.717) is 23.6 Å². The quantitative estimate of drug-likeness (QED) is 0.760. The summed E-state index contributed by atoms with van der Waals surface area (Å²) in [5.41, 5.74) is 1.44. The molecule has 0 spiro atoms. The fourth-order valence-corrected chi connectivity index (χ4v) is 2.59. The molecule has 2 rings (SSSR count). The highest BCUT2D eigenvalue weighted by atomic mass is 35.5. The van der Waals surface area contributed by atoms with E-state index in [1.54, 1.807) is 31.4 Å². The Hall–Kier alpha value is -2.53. The summed E-state index contributed by atoms with van der Waals surface area (Å²) in [5.74, 6) is 0.408. The number of carbonyl (C=O) groups is 2. The van der Waals surface area contributed by atoms with Gasteiger partial charge in [-0.05, 0) is 30.2 Å². The molecule has 6 heteroatoms. The number of para-hydroxylation sites is 1. The first-order chi connectivity index (χ1) is 12.1. The maximum atomic E-state index is 12.0. The van der Waals surface area contributed by atoms with E-state index in [-0.39, 0.29) is 24.8 Å². The molecule has 0 radical (unpaired) electrons. The fraction of sp³-hybridized carbons (Fsp3) is 0.263. The van der Waals surface area contributed by atoms with Crippen LogP contribution in [0.15, 0.2) is 48.5 Å². The summed E-state index contributed by atoms with van der Waals surface area (Å²) >= 11 is 5.96. The zero-order chi connectivity index (χ0) is 18.1. The number of amides is 2. The molecule has 5 nitrogen and oxygen atoms in total. The summed E-state index contributed by atoms with van der Waals surface area (Å²) in [4.78, 5) is 23.8. The summed E-state index contributed by atoms with van der Waals surface area (Å²) in [6, 6.07) is 14.5. The molecule has 0 unspecified atom stereocenters. The molecule has 0 fully saturated rings. The second-order valence-electron chi connectivity index (χ2n) is 5.40. The first-order valence-electron chi connectivity index (χ1n) is 8.03. The van der Waals surface area contributed by atoms with Crippen molar-refractivity contribution in [1.29, 1.82) is 0 Å². The zero-order valence-corrected chi connectivity index (χ0v) is 14.8. The van der Waals surface area contributed by atoms with E-state index in [4.69, 9.17) is 16.3 Å². The van der Waals surface area contributed by atoms with Crippen LogP contribution in [0.3, 0.4) is 0 Å². The number of hydrogen-bond donors (Lipinski definition) is 2. The van der Waals surface area contributed by atoms with Crippen molar-refractivity contribution < 1.29 is 14.3 Å². The third kappa shape index (κ3) is 5.80. The minimum absolute atomic E-state index is 0.116. The van der Waals surface area contributed by atoms with Crippen LogP contribution < -0.4 is 15.4 Å². The van der Waals surface area contributed by atoms with Crippen molar-refractivity contribution in [3.05, 3.63) is 64.7 Å². The summed E-state index contributed by atoms with van der Waals surface area (Å²) in [6.07, 6.45) is 0.893. The maximum absolute atomic E-state index is 12.0. The molecule has 0 aliphatic carbocycles. The number of halogens is 1. The van der Waals surface area contributed by atoms with Crippen LogP contribution in [0.4, 0.5) is 0 Å². The monoisotopic (exact) mass is 360 g/mol. The summed E-state index contributed by atoms with van der Waals surface area (Å²) < 4.78 is 5.27. The van der Waals surface area contributed by atoms with Gasteiger partial charge in [0.05, 0.1) is 17.7 Å². The predicted molar refractivity (Wildman–Crippen MR) is 98.1 cm³/mol. The number of benzene rings is 2. The van der Waals surface area contributed by atoms with Gasteiger partial charge in [-0.3, -0.25) is 9.59 Å². The fourth-order valence-electron chi connectivity index (χ4n) is 2.36. The van der Waals surface area contributed by atoms with Crippen molar-refractivity contribution in [2.75, 3.05) is 20.2 Å². The molecule has 2 amide bonds. The number of rotatable bonds is 8. The Kier molecular flexibility index (Phi) is 7.29. The summed E-state index contributed by atoms with van der Waals surface area (Å²) in [6.45, 7) is 0.766. The predicted octanol–water partition coefficient (Wildman–Crippen LogP) is 2.83. The smallest absolute Gasteiger partial charge is 0.252 e. The number of hydrogen-bond acceptors (Lipinski definition) is 3. The standard InChI is InChI=1S/C19H21ClN2O3/c1-25-17-9-5-2-6-14(17)10-12-21-18(23)11-13-22-19(24)15-7-3-4-8-16(15)20/h2-9H,10-13H2,1H3,(H,21,23)(H,22,24). The van der Waals surface area contributed by atoms with Crippen molar-refractivity contribution >= 4 is 23.4 Å². The van der Waals surface area contributed by atoms with Crippen LogP contribution in [0.25, 0.3) is 0 Å². The Morgan fingerprint density at radius 3 is 2.48 bits per heavy atom. The highest BCUT2D eigenvalue weighted by Gasteiger charge is 2.10. The van der Waals surface area contributed by atoms with E-state index in [0.717, 1.165) is 11.3 Å². The number of methoxy groups -OCH3 is 1. The van der Waals surface area contributed by atoms with E-state index in [2.05, 4.69) is 10.6 Å². The third-order valence-corrected chi connectivity index (χ3v) is 3.99. The van der Waals surface area contributed by atoms with Gasteiger partial charge in [0.25, 0.3) is 5.91 Å². The van der Waals surface area contributed by atoms with Gasteiger partial charge in [-0.2, -0.15) is 0 Å². The lowest BCUT2D eigenvalue weighted by Gasteiger charge is -2.10. The van der Waals surface area contributed by atoms with Gasteiger partial charge in [-0.1, -0.05) is 41.9 Å². The highest BCUT2D eigenvalue weighted by Crippen LogP contribution is 2.17. The molecule has 0 aliphatic rings. The van der Waals surface area contributed by atoms with Gasteiger partial charge in [0.2, 0.25) is 5.91 Å². The molecule has 0 atom stereocenters. The Morgan fingerprint density at radius 1 is 1.00 bits per heavy atom. The van der Waals surface area contributed by atoms with E-state index in [1.807, 2.05) is 24.3 Å². The first-order valence-corrected chi connectivity index (χ1v) is 8.41. The van der Waals surface area contributed by atoms with Gasteiger partial charge in [-0.25, -0.2) is 0 Å². The molecule has 0 heterocycles. The maximum Gasteiger partial charge on any atom is 0.252 e. The van der Waals surface area contributed by atoms with Gasteiger partial charge in [-0.15, -0.1) is 0 Å². The van der Waals surface area contributed by atoms with Crippen LogP contribution in [-0.2, 0) is 11.2 Å². The Morgan fingerprint density at radius 2 is 1.72 bits per heavy atom. The van der Waals surface area contributed by atoms with Crippen molar-refractivity contribution in [3.8, 4) is 5.75 Å². The lowest BCUT2D eigenvalue weighted by atomic mass is 10.1. The Bertz CT molecular complexity index is 734. The molecule has 0 aliphatic heterocycles. The minimum Gasteiger partial charge on any atom is -0.496 e. The van der Waals surface area contributed by atoms with Crippen LogP contribution in [0.1, 0.15) is 22.3 Å². The molecule has 0 saturated carbocycles. The number of nitrogens with one attached hydrogen (secondary N) is 2. The highest BCUT2D eigenvalue weighted by molar-refractivity contribution is 6.33. The van der Waals surface area contributed by atoms with Crippen LogP contribution in [-0.4, -0.2) is 32.0 Å². The second-order valence-corrected chi connectivity index (χ2v) is 5.80. The Labute approximate surface area is 152 Å². The van der Waals surface area contributed by atoms with E-state index >= 15 is 0 Å². The average Bonchev–Trinajstić information content (AvgIpc) is 2.62. The molecule has 0 aromatic heterocycles. The van der Waals surface area contributed by atoms with Crippen LogP contribution in [0, 0.1) is 0 Å².